The number of pyridine rings is 1. The monoisotopic (exact) mass is 312 g/mol. The zero-order chi connectivity index (χ0) is 13.1. The molecule has 5 heteroatoms. The number of likely N-dealkylation sites (tertiary alicyclic amines) is 1. The van der Waals surface area contributed by atoms with Crippen LogP contribution in [0.25, 0.3) is 0 Å². The van der Waals surface area contributed by atoms with Gasteiger partial charge in [-0.25, -0.2) is 0 Å². The lowest BCUT2D eigenvalue weighted by Crippen LogP contribution is -2.40. The number of hydrogen-bond donors (Lipinski definition) is 0. The summed E-state index contributed by atoms with van der Waals surface area (Å²) in [6.07, 6.45) is 3.81. The van der Waals surface area contributed by atoms with Crippen molar-refractivity contribution in [2.75, 3.05) is 20.2 Å². The van der Waals surface area contributed by atoms with Gasteiger partial charge < -0.3 is 9.64 Å². The Morgan fingerprint density at radius 2 is 2.17 bits per heavy atom. The molecule has 1 aliphatic rings. The fourth-order valence-electron chi connectivity index (χ4n) is 2.19. The number of ether oxygens (including phenoxy) is 1. The van der Waals surface area contributed by atoms with E-state index in [2.05, 4.69) is 20.9 Å². The average Bonchev–Trinajstić information content (AvgIpc) is 2.41. The van der Waals surface area contributed by atoms with E-state index >= 15 is 0 Å². The Kier molecular flexibility index (Phi) is 4.35. The second-order valence-corrected chi connectivity index (χ2v) is 5.43. The van der Waals surface area contributed by atoms with Crippen LogP contribution in [0.4, 0.5) is 0 Å². The second kappa shape index (κ2) is 5.80. The number of methoxy groups -OCH3 is 1. The lowest BCUT2D eigenvalue weighted by molar-refractivity contribution is 0.0350. The van der Waals surface area contributed by atoms with Crippen LogP contribution < -0.4 is 0 Å². The standard InChI is InChI=1S/C13H17BrN2O2/c1-9-12(7-10(14)8-15-9)13(17)16-5-3-11(18-2)4-6-16/h7-8,11H,3-6H2,1-2H3. The largest absolute Gasteiger partial charge is 0.381 e. The lowest BCUT2D eigenvalue weighted by atomic mass is 10.1. The Morgan fingerprint density at radius 3 is 2.78 bits per heavy atom. The molecule has 0 spiro atoms. The molecule has 0 saturated carbocycles. The highest BCUT2D eigenvalue weighted by molar-refractivity contribution is 9.10. The van der Waals surface area contributed by atoms with Crippen molar-refractivity contribution in [1.82, 2.24) is 9.88 Å². The maximum absolute atomic E-state index is 12.4. The van der Waals surface area contributed by atoms with Gasteiger partial charge >= 0.3 is 0 Å². The predicted molar refractivity (Wildman–Crippen MR) is 72.6 cm³/mol. The van der Waals surface area contributed by atoms with E-state index in [1.807, 2.05) is 17.9 Å². The topological polar surface area (TPSA) is 42.4 Å². The molecule has 2 rings (SSSR count). The summed E-state index contributed by atoms with van der Waals surface area (Å²) < 4.78 is 6.15. The molecule has 0 bridgehead atoms. The van der Waals surface area contributed by atoms with Crippen molar-refractivity contribution < 1.29 is 9.53 Å². The first-order chi connectivity index (χ1) is 8.61. The molecule has 0 unspecified atom stereocenters. The van der Waals surface area contributed by atoms with Crippen molar-refractivity contribution in [3.63, 3.8) is 0 Å². The van der Waals surface area contributed by atoms with Crippen molar-refractivity contribution in [1.29, 1.82) is 0 Å². The van der Waals surface area contributed by atoms with Gasteiger partial charge in [0.2, 0.25) is 0 Å². The van der Waals surface area contributed by atoms with Crippen LogP contribution in [0.3, 0.4) is 0 Å². The fourth-order valence-corrected chi connectivity index (χ4v) is 2.52. The van der Waals surface area contributed by atoms with Crippen molar-refractivity contribution in [2.45, 2.75) is 25.9 Å². The van der Waals surface area contributed by atoms with Crippen LogP contribution in [-0.2, 0) is 4.74 Å². The van der Waals surface area contributed by atoms with E-state index < -0.39 is 0 Å². The van der Waals surface area contributed by atoms with Crippen molar-refractivity contribution in [3.05, 3.63) is 28.0 Å². The van der Waals surface area contributed by atoms with Gasteiger partial charge in [-0.2, -0.15) is 0 Å². The summed E-state index contributed by atoms with van der Waals surface area (Å²) in [5.74, 6) is 0.0656. The lowest BCUT2D eigenvalue weighted by Gasteiger charge is -2.31. The second-order valence-electron chi connectivity index (χ2n) is 4.51. The molecule has 1 aromatic heterocycles. The van der Waals surface area contributed by atoms with E-state index in [-0.39, 0.29) is 12.0 Å². The predicted octanol–water partition coefficient (Wildman–Crippen LogP) is 2.40. The van der Waals surface area contributed by atoms with Crippen LogP contribution in [0.15, 0.2) is 16.7 Å². The maximum Gasteiger partial charge on any atom is 0.255 e. The van der Waals surface area contributed by atoms with Gasteiger partial charge in [-0.05, 0) is 41.8 Å². The van der Waals surface area contributed by atoms with Gasteiger partial charge in [0.25, 0.3) is 5.91 Å². The molecule has 1 saturated heterocycles. The molecule has 0 aromatic carbocycles. The van der Waals surface area contributed by atoms with E-state index in [1.165, 1.54) is 0 Å². The zero-order valence-corrected chi connectivity index (χ0v) is 12.2. The third kappa shape index (κ3) is 2.90. The van der Waals surface area contributed by atoms with Crippen LogP contribution in [-0.4, -0.2) is 42.1 Å². The molecular formula is C13H17BrN2O2. The van der Waals surface area contributed by atoms with Crippen LogP contribution in [0.1, 0.15) is 28.9 Å². The number of carbonyl (C=O) groups is 1. The van der Waals surface area contributed by atoms with Gasteiger partial charge in [0.15, 0.2) is 0 Å². The number of amides is 1. The summed E-state index contributed by atoms with van der Waals surface area (Å²) in [4.78, 5) is 18.5. The molecule has 0 radical (unpaired) electrons. The van der Waals surface area contributed by atoms with Crippen LogP contribution in [0.5, 0.6) is 0 Å². The van der Waals surface area contributed by atoms with Gasteiger partial charge in [-0.1, -0.05) is 0 Å². The number of nitrogens with zero attached hydrogens (tertiary/aromatic N) is 2. The molecule has 0 N–H and O–H groups in total. The first-order valence-corrected chi connectivity index (χ1v) is 6.85. The van der Waals surface area contributed by atoms with Gasteiger partial charge in [0, 0.05) is 30.9 Å². The Labute approximate surface area is 115 Å². The number of rotatable bonds is 2. The van der Waals surface area contributed by atoms with Gasteiger partial charge in [0.1, 0.15) is 0 Å². The fraction of sp³-hybridized carbons (Fsp3) is 0.538. The number of aromatic nitrogens is 1. The highest BCUT2D eigenvalue weighted by atomic mass is 79.9. The highest BCUT2D eigenvalue weighted by Crippen LogP contribution is 2.19. The summed E-state index contributed by atoms with van der Waals surface area (Å²) in [5.41, 5.74) is 1.46. The van der Waals surface area contributed by atoms with E-state index in [0.717, 1.165) is 36.1 Å². The number of piperidine rings is 1. The molecule has 1 fully saturated rings. The molecule has 2 heterocycles. The summed E-state index contributed by atoms with van der Waals surface area (Å²) >= 11 is 3.36. The summed E-state index contributed by atoms with van der Waals surface area (Å²) in [7, 11) is 1.73. The maximum atomic E-state index is 12.4. The van der Waals surface area contributed by atoms with Crippen LogP contribution in [0, 0.1) is 6.92 Å². The average molecular weight is 313 g/mol. The molecule has 0 atom stereocenters. The normalized spacial score (nSPS) is 16.9. The minimum Gasteiger partial charge on any atom is -0.381 e. The van der Waals surface area contributed by atoms with E-state index in [4.69, 9.17) is 4.74 Å². The van der Waals surface area contributed by atoms with Crippen molar-refractivity contribution >= 4 is 21.8 Å². The minimum absolute atomic E-state index is 0.0656. The number of aryl methyl sites for hydroxylation is 1. The van der Waals surface area contributed by atoms with Crippen molar-refractivity contribution in [2.24, 2.45) is 0 Å². The number of hydrogen-bond acceptors (Lipinski definition) is 3. The first-order valence-electron chi connectivity index (χ1n) is 6.06. The number of carbonyl (C=O) groups excluding carboxylic acids is 1. The Hall–Kier alpha value is -0.940. The van der Waals surface area contributed by atoms with E-state index in [0.29, 0.717) is 5.56 Å². The Morgan fingerprint density at radius 1 is 1.50 bits per heavy atom. The van der Waals surface area contributed by atoms with Gasteiger partial charge in [-0.3, -0.25) is 9.78 Å². The zero-order valence-electron chi connectivity index (χ0n) is 10.6. The van der Waals surface area contributed by atoms with Gasteiger partial charge in [-0.15, -0.1) is 0 Å². The summed E-state index contributed by atoms with van der Waals surface area (Å²) in [5, 5.41) is 0. The summed E-state index contributed by atoms with van der Waals surface area (Å²) in [6, 6.07) is 1.84. The number of halogens is 1. The molecular weight excluding hydrogens is 296 g/mol. The van der Waals surface area contributed by atoms with Gasteiger partial charge in [0.05, 0.1) is 17.4 Å². The quantitative estimate of drug-likeness (QED) is 0.842. The van der Waals surface area contributed by atoms with E-state index in [9.17, 15) is 4.79 Å². The third-order valence-corrected chi connectivity index (χ3v) is 3.78. The van der Waals surface area contributed by atoms with Crippen LogP contribution in [0.2, 0.25) is 0 Å². The Balaban J connectivity index is 2.10. The highest BCUT2D eigenvalue weighted by Gasteiger charge is 2.24. The molecule has 4 nitrogen and oxygen atoms in total. The molecule has 98 valence electrons. The molecule has 0 aliphatic carbocycles. The summed E-state index contributed by atoms with van der Waals surface area (Å²) in [6.45, 7) is 3.37. The molecule has 1 amide bonds. The molecule has 1 aromatic rings. The Bertz CT molecular complexity index is 443. The van der Waals surface area contributed by atoms with Crippen molar-refractivity contribution in [3.8, 4) is 0 Å². The molecule has 18 heavy (non-hydrogen) atoms. The smallest absolute Gasteiger partial charge is 0.255 e. The first kappa shape index (κ1) is 13.5. The van der Waals surface area contributed by atoms with Crippen LogP contribution >= 0.6 is 15.9 Å². The minimum atomic E-state index is 0.0656. The van der Waals surface area contributed by atoms with E-state index in [1.54, 1.807) is 13.3 Å². The molecule has 1 aliphatic heterocycles. The SMILES string of the molecule is COC1CCN(C(=O)c2cc(Br)cnc2C)CC1. The third-order valence-electron chi connectivity index (χ3n) is 3.35.